The van der Waals surface area contributed by atoms with Gasteiger partial charge in [0.1, 0.15) is 0 Å². The number of nitrogens with two attached hydrogens (primary N) is 2. The molecule has 0 aromatic carbocycles. The summed E-state index contributed by atoms with van der Waals surface area (Å²) in [6, 6.07) is 0. The van der Waals surface area contributed by atoms with Crippen molar-refractivity contribution in [1.82, 2.24) is 0 Å². The van der Waals surface area contributed by atoms with Crippen LogP contribution in [0.1, 0.15) is 90.9 Å². The SMILES string of the molecule is CC1CCCCCSC(N)(C2CCCCCCCC2)C1(C)N. The minimum Gasteiger partial charge on any atom is -0.323 e. The molecule has 2 rings (SSSR count). The monoisotopic (exact) mass is 326 g/mol. The van der Waals surface area contributed by atoms with Gasteiger partial charge in [-0.05, 0) is 50.2 Å². The van der Waals surface area contributed by atoms with Crippen molar-refractivity contribution in [2.75, 3.05) is 5.75 Å². The van der Waals surface area contributed by atoms with E-state index in [4.69, 9.17) is 11.5 Å². The summed E-state index contributed by atoms with van der Waals surface area (Å²) >= 11 is 2.01. The third-order valence-electron chi connectivity index (χ3n) is 6.45. The smallest absolute Gasteiger partial charge is 0.0830 e. The highest BCUT2D eigenvalue weighted by Gasteiger charge is 2.50. The summed E-state index contributed by atoms with van der Waals surface area (Å²) in [5, 5.41) is 0. The first-order valence-corrected chi connectivity index (χ1v) is 10.7. The molecule has 2 fully saturated rings. The molecule has 0 aromatic rings. The van der Waals surface area contributed by atoms with E-state index in [-0.39, 0.29) is 10.4 Å². The van der Waals surface area contributed by atoms with Crippen LogP contribution in [0.2, 0.25) is 0 Å². The maximum atomic E-state index is 7.15. The first-order chi connectivity index (χ1) is 10.5. The Labute approximate surface area is 142 Å². The number of hydrogen-bond donors (Lipinski definition) is 2. The van der Waals surface area contributed by atoms with Crippen LogP contribution in [0.15, 0.2) is 0 Å². The summed E-state index contributed by atoms with van der Waals surface area (Å²) in [7, 11) is 0. The lowest BCUT2D eigenvalue weighted by Gasteiger charge is -2.51. The quantitative estimate of drug-likeness (QED) is 0.708. The van der Waals surface area contributed by atoms with Crippen molar-refractivity contribution >= 4 is 11.8 Å². The zero-order valence-corrected chi connectivity index (χ0v) is 15.7. The molecular weight excluding hydrogens is 288 g/mol. The molecule has 2 aliphatic rings. The standard InChI is InChI=1S/C19H38N2S/c1-16-12-8-7-11-15-22-19(21,18(16,2)20)17-13-9-5-3-4-6-10-14-17/h16-17H,3-15,20-21H2,1-2H3. The molecule has 4 N–H and O–H groups in total. The Bertz CT molecular complexity index is 321. The summed E-state index contributed by atoms with van der Waals surface area (Å²) in [6.45, 7) is 4.59. The Morgan fingerprint density at radius 2 is 1.27 bits per heavy atom. The maximum Gasteiger partial charge on any atom is 0.0830 e. The van der Waals surface area contributed by atoms with Crippen LogP contribution in [0, 0.1) is 11.8 Å². The third-order valence-corrected chi connectivity index (χ3v) is 8.19. The summed E-state index contributed by atoms with van der Waals surface area (Å²) < 4.78 is 0. The molecule has 1 saturated carbocycles. The van der Waals surface area contributed by atoms with Crippen LogP contribution < -0.4 is 11.5 Å². The largest absolute Gasteiger partial charge is 0.323 e. The summed E-state index contributed by atoms with van der Waals surface area (Å²) in [5.74, 6) is 2.29. The predicted molar refractivity (Wildman–Crippen MR) is 100 cm³/mol. The topological polar surface area (TPSA) is 52.0 Å². The molecule has 0 spiro atoms. The highest BCUT2D eigenvalue weighted by Crippen LogP contribution is 2.47. The first-order valence-electron chi connectivity index (χ1n) is 9.70. The van der Waals surface area contributed by atoms with Crippen LogP contribution in [-0.2, 0) is 0 Å². The van der Waals surface area contributed by atoms with Crippen LogP contribution in [-0.4, -0.2) is 16.2 Å². The molecule has 3 unspecified atom stereocenters. The Morgan fingerprint density at radius 3 is 1.91 bits per heavy atom. The molecule has 3 heteroatoms. The van der Waals surface area contributed by atoms with Crippen LogP contribution in [0.4, 0.5) is 0 Å². The maximum absolute atomic E-state index is 7.15. The molecule has 1 heterocycles. The molecule has 1 aliphatic carbocycles. The molecule has 1 saturated heterocycles. The van der Waals surface area contributed by atoms with Crippen molar-refractivity contribution in [2.45, 2.75) is 101 Å². The van der Waals surface area contributed by atoms with Gasteiger partial charge in [0.15, 0.2) is 0 Å². The second-order valence-corrected chi connectivity index (χ2v) is 9.44. The van der Waals surface area contributed by atoms with Crippen LogP contribution in [0.3, 0.4) is 0 Å². The normalized spacial score (nSPS) is 40.6. The van der Waals surface area contributed by atoms with Crippen LogP contribution in [0.25, 0.3) is 0 Å². The summed E-state index contributed by atoms with van der Waals surface area (Å²) in [6.07, 6.45) is 16.0. The van der Waals surface area contributed by atoms with Crippen molar-refractivity contribution in [2.24, 2.45) is 23.3 Å². The molecule has 130 valence electrons. The minimum absolute atomic E-state index is 0.249. The van der Waals surface area contributed by atoms with E-state index >= 15 is 0 Å². The number of thioether (sulfide) groups is 1. The Morgan fingerprint density at radius 1 is 0.773 bits per heavy atom. The second kappa shape index (κ2) is 8.39. The van der Waals surface area contributed by atoms with Gasteiger partial charge in [0.25, 0.3) is 0 Å². The summed E-state index contributed by atoms with van der Waals surface area (Å²) in [5.41, 5.74) is 13.8. The number of rotatable bonds is 1. The van der Waals surface area contributed by atoms with Crippen LogP contribution >= 0.6 is 11.8 Å². The number of hydrogen-bond acceptors (Lipinski definition) is 3. The fourth-order valence-corrected chi connectivity index (χ4v) is 6.10. The van der Waals surface area contributed by atoms with Gasteiger partial charge >= 0.3 is 0 Å². The Kier molecular flexibility index (Phi) is 7.10. The van der Waals surface area contributed by atoms with Gasteiger partial charge in [-0.2, -0.15) is 0 Å². The van der Waals surface area contributed by atoms with Crippen molar-refractivity contribution in [3.63, 3.8) is 0 Å². The average Bonchev–Trinajstić information content (AvgIpc) is 2.65. The molecule has 0 radical (unpaired) electrons. The third kappa shape index (κ3) is 4.21. The van der Waals surface area contributed by atoms with E-state index < -0.39 is 0 Å². The Balaban J connectivity index is 2.22. The molecule has 1 aliphatic heterocycles. The fourth-order valence-electron chi connectivity index (χ4n) is 4.43. The van der Waals surface area contributed by atoms with Gasteiger partial charge in [0, 0.05) is 5.54 Å². The van der Waals surface area contributed by atoms with Gasteiger partial charge in [-0.25, -0.2) is 0 Å². The van der Waals surface area contributed by atoms with E-state index in [1.807, 2.05) is 11.8 Å². The zero-order chi connectivity index (χ0) is 16.1. The fraction of sp³-hybridized carbons (Fsp3) is 1.00. The van der Waals surface area contributed by atoms with Gasteiger partial charge in [-0.15, -0.1) is 11.8 Å². The van der Waals surface area contributed by atoms with Gasteiger partial charge in [-0.3, -0.25) is 0 Å². The average molecular weight is 327 g/mol. The molecule has 2 nitrogen and oxygen atoms in total. The van der Waals surface area contributed by atoms with Crippen LogP contribution in [0.5, 0.6) is 0 Å². The van der Waals surface area contributed by atoms with Gasteiger partial charge < -0.3 is 11.5 Å². The van der Waals surface area contributed by atoms with E-state index in [0.29, 0.717) is 11.8 Å². The molecule has 3 atom stereocenters. The van der Waals surface area contributed by atoms with E-state index in [9.17, 15) is 0 Å². The van der Waals surface area contributed by atoms with Crippen molar-refractivity contribution < 1.29 is 0 Å². The van der Waals surface area contributed by atoms with Gasteiger partial charge in [0.2, 0.25) is 0 Å². The van der Waals surface area contributed by atoms with Gasteiger partial charge in [-0.1, -0.05) is 58.3 Å². The Hall–Kier alpha value is 0.270. The lowest BCUT2D eigenvalue weighted by molar-refractivity contribution is 0.157. The lowest BCUT2D eigenvalue weighted by atomic mass is 9.71. The van der Waals surface area contributed by atoms with Crippen molar-refractivity contribution in [3.05, 3.63) is 0 Å². The van der Waals surface area contributed by atoms with Gasteiger partial charge in [0.05, 0.1) is 4.87 Å². The minimum atomic E-state index is -0.263. The molecule has 0 aromatic heterocycles. The molecule has 0 amide bonds. The highest BCUT2D eigenvalue weighted by atomic mass is 32.2. The molecular formula is C19H38N2S. The lowest BCUT2D eigenvalue weighted by Crippen LogP contribution is -2.68. The van der Waals surface area contributed by atoms with Crippen molar-refractivity contribution in [1.29, 1.82) is 0 Å². The summed E-state index contributed by atoms with van der Waals surface area (Å²) in [4.78, 5) is -0.249. The zero-order valence-electron chi connectivity index (χ0n) is 14.9. The van der Waals surface area contributed by atoms with E-state index in [1.165, 1.54) is 82.8 Å². The second-order valence-electron chi connectivity index (χ2n) is 8.07. The van der Waals surface area contributed by atoms with E-state index in [0.717, 1.165) is 0 Å². The predicted octanol–water partition coefficient (Wildman–Crippen LogP) is 5.05. The molecule has 0 bridgehead atoms. The first kappa shape index (κ1) is 18.6. The highest BCUT2D eigenvalue weighted by molar-refractivity contribution is 8.00. The van der Waals surface area contributed by atoms with E-state index in [1.54, 1.807) is 0 Å². The van der Waals surface area contributed by atoms with Crippen molar-refractivity contribution in [3.8, 4) is 0 Å². The molecule has 22 heavy (non-hydrogen) atoms. The van der Waals surface area contributed by atoms with E-state index in [2.05, 4.69) is 13.8 Å².